The zero-order chi connectivity index (χ0) is 31.4. The molecule has 0 aromatic heterocycles. The number of aliphatic carboxylic acids is 1. The minimum Gasteiger partial charge on any atom is -0.481 e. The van der Waals surface area contributed by atoms with Gasteiger partial charge >= 0.3 is 5.97 Å². The molecule has 1 aromatic carbocycles. The number of nitrogens with one attached hydrogen (secondary N) is 6. The van der Waals surface area contributed by atoms with Crippen molar-refractivity contribution in [3.8, 4) is 0 Å². The highest BCUT2D eigenvalue weighted by molar-refractivity contribution is 5.94. The number of amides is 6. The van der Waals surface area contributed by atoms with Crippen LogP contribution in [-0.2, 0) is 40.0 Å². The van der Waals surface area contributed by atoms with Gasteiger partial charge in [-0.25, -0.2) is 0 Å². The first-order chi connectivity index (χ1) is 19.5. The maximum atomic E-state index is 12.6. The number of benzene rings is 1. The normalized spacial score (nSPS) is 12.1. The summed E-state index contributed by atoms with van der Waals surface area (Å²) < 4.78 is 0. The molecule has 228 valence electrons. The van der Waals surface area contributed by atoms with Crippen molar-refractivity contribution in [2.45, 2.75) is 59.0 Å². The van der Waals surface area contributed by atoms with Crippen LogP contribution in [0, 0.1) is 5.92 Å². The van der Waals surface area contributed by atoms with E-state index in [4.69, 9.17) is 5.11 Å². The van der Waals surface area contributed by atoms with E-state index in [0.717, 1.165) is 5.56 Å². The third-order valence-corrected chi connectivity index (χ3v) is 5.48. The van der Waals surface area contributed by atoms with E-state index in [0.29, 0.717) is 0 Å². The quantitative estimate of drug-likeness (QED) is 0.127. The van der Waals surface area contributed by atoms with E-state index in [1.165, 1.54) is 14.0 Å². The maximum Gasteiger partial charge on any atom is 0.304 e. The molecule has 0 bridgehead atoms. The predicted octanol–water partition coefficient (Wildman–Crippen LogP) is -1.16. The van der Waals surface area contributed by atoms with E-state index >= 15 is 0 Å². The Morgan fingerprint density at radius 2 is 1.27 bits per heavy atom. The van der Waals surface area contributed by atoms with Crippen molar-refractivity contribution in [3.05, 3.63) is 35.9 Å². The minimum absolute atomic E-state index is 0.144. The molecule has 7 N–H and O–H groups in total. The first-order valence-corrected chi connectivity index (χ1v) is 13.3. The number of carbonyl (C=O) groups excluding carboxylic acids is 6. The van der Waals surface area contributed by atoms with Gasteiger partial charge in [-0.15, -0.1) is 0 Å². The molecule has 3 atom stereocenters. The monoisotopic (exact) mass is 578 g/mol. The Labute approximate surface area is 239 Å². The Bertz CT molecular complexity index is 1030. The van der Waals surface area contributed by atoms with E-state index < -0.39 is 78.9 Å². The number of carbonyl (C=O) groups is 7. The van der Waals surface area contributed by atoms with Crippen LogP contribution in [0.4, 0.5) is 0 Å². The molecule has 1 rings (SSSR count). The van der Waals surface area contributed by atoms with Gasteiger partial charge in [0, 0.05) is 19.4 Å². The fraction of sp³-hybridized carbons (Fsp3) is 0.519. The minimum atomic E-state index is -1.15. The van der Waals surface area contributed by atoms with Crippen LogP contribution in [0.25, 0.3) is 0 Å². The third-order valence-electron chi connectivity index (χ3n) is 5.48. The molecular weight excluding hydrogens is 536 g/mol. The molecule has 0 radical (unpaired) electrons. The Kier molecular flexibility index (Phi) is 18.2. The van der Waals surface area contributed by atoms with Gasteiger partial charge in [0.2, 0.25) is 35.4 Å². The first-order valence-electron chi connectivity index (χ1n) is 13.3. The van der Waals surface area contributed by atoms with Crippen molar-refractivity contribution in [3.63, 3.8) is 0 Å². The Morgan fingerprint density at radius 1 is 0.732 bits per heavy atom. The molecule has 14 heteroatoms. The summed E-state index contributed by atoms with van der Waals surface area (Å²) in [6.07, 6.45) is -0.0478. The van der Waals surface area contributed by atoms with Gasteiger partial charge in [-0.3, -0.25) is 33.6 Å². The number of likely N-dealkylation sites (N-methyl/N-ethyl adjacent to an activating group) is 1. The largest absolute Gasteiger partial charge is 0.481 e. The van der Waals surface area contributed by atoms with Crippen LogP contribution in [-0.4, -0.2) is 85.3 Å². The fourth-order valence-corrected chi connectivity index (χ4v) is 3.24. The molecule has 3 unspecified atom stereocenters. The van der Waals surface area contributed by atoms with Crippen molar-refractivity contribution in [2.75, 3.05) is 26.7 Å². The van der Waals surface area contributed by atoms with Gasteiger partial charge in [-0.05, 0) is 12.0 Å². The molecule has 0 aliphatic heterocycles. The van der Waals surface area contributed by atoms with E-state index in [9.17, 15) is 33.6 Å². The molecule has 0 fully saturated rings. The molecule has 1 aromatic rings. The topological polar surface area (TPSA) is 212 Å². The van der Waals surface area contributed by atoms with E-state index in [2.05, 4.69) is 31.9 Å². The fourth-order valence-electron chi connectivity index (χ4n) is 3.24. The van der Waals surface area contributed by atoms with Gasteiger partial charge in [-0.1, -0.05) is 58.0 Å². The van der Waals surface area contributed by atoms with Crippen molar-refractivity contribution >= 4 is 41.4 Å². The summed E-state index contributed by atoms with van der Waals surface area (Å²) in [6, 6.07) is 6.90. The molecule has 14 nitrogen and oxygen atoms in total. The Hall–Kier alpha value is -4.49. The lowest BCUT2D eigenvalue weighted by atomic mass is 10.1. The van der Waals surface area contributed by atoms with Crippen molar-refractivity contribution in [1.29, 1.82) is 0 Å². The highest BCUT2D eigenvalue weighted by Gasteiger charge is 2.24. The summed E-state index contributed by atoms with van der Waals surface area (Å²) in [5.74, 6) is -5.61. The van der Waals surface area contributed by atoms with Crippen LogP contribution < -0.4 is 31.9 Å². The summed E-state index contributed by atoms with van der Waals surface area (Å²) >= 11 is 0. The molecule has 0 heterocycles. The van der Waals surface area contributed by atoms with Crippen LogP contribution in [0.2, 0.25) is 0 Å². The van der Waals surface area contributed by atoms with Crippen LogP contribution in [0.3, 0.4) is 0 Å². The molecule has 6 amide bonds. The Morgan fingerprint density at radius 3 is 1.80 bits per heavy atom. The molecule has 41 heavy (non-hydrogen) atoms. The summed E-state index contributed by atoms with van der Waals surface area (Å²) in [4.78, 5) is 83.8. The molecule has 0 aliphatic carbocycles. The Balaban J connectivity index is 0.00000781. The smallest absolute Gasteiger partial charge is 0.304 e. The van der Waals surface area contributed by atoms with E-state index in [1.54, 1.807) is 37.3 Å². The number of rotatable bonds is 16. The molecule has 0 spiro atoms. The zero-order valence-corrected chi connectivity index (χ0v) is 24.2. The van der Waals surface area contributed by atoms with Gasteiger partial charge in [0.1, 0.15) is 12.1 Å². The second kappa shape index (κ2) is 20.4. The van der Waals surface area contributed by atoms with Gasteiger partial charge in [0.25, 0.3) is 0 Å². The van der Waals surface area contributed by atoms with Crippen molar-refractivity contribution in [2.24, 2.45) is 5.92 Å². The van der Waals surface area contributed by atoms with Crippen LogP contribution in [0.1, 0.15) is 46.1 Å². The second-order valence-electron chi connectivity index (χ2n) is 8.66. The van der Waals surface area contributed by atoms with Crippen LogP contribution in [0.5, 0.6) is 0 Å². The van der Waals surface area contributed by atoms with E-state index in [-0.39, 0.29) is 19.4 Å². The average Bonchev–Trinajstić information content (AvgIpc) is 2.96. The summed E-state index contributed by atoms with van der Waals surface area (Å²) in [5.41, 5.74) is 0.763. The summed E-state index contributed by atoms with van der Waals surface area (Å²) in [5, 5.41) is 23.3. The average molecular weight is 579 g/mol. The van der Waals surface area contributed by atoms with E-state index in [1.807, 2.05) is 13.8 Å². The second-order valence-corrected chi connectivity index (χ2v) is 8.66. The zero-order valence-electron chi connectivity index (χ0n) is 24.2. The molecule has 0 saturated carbocycles. The first kappa shape index (κ1) is 36.5. The lowest BCUT2D eigenvalue weighted by Crippen LogP contribution is -2.53. The number of carboxylic acids is 1. The lowest BCUT2D eigenvalue weighted by molar-refractivity contribution is -0.141. The predicted molar refractivity (Wildman–Crippen MR) is 150 cm³/mol. The van der Waals surface area contributed by atoms with Crippen molar-refractivity contribution in [1.82, 2.24) is 31.9 Å². The number of carboxylic acid groups (broad SMARTS) is 1. The highest BCUT2D eigenvalue weighted by Crippen LogP contribution is 2.04. The van der Waals surface area contributed by atoms with Gasteiger partial charge in [0.15, 0.2) is 0 Å². The summed E-state index contributed by atoms with van der Waals surface area (Å²) in [7, 11) is 1.42. The van der Waals surface area contributed by atoms with Gasteiger partial charge < -0.3 is 37.0 Å². The third kappa shape index (κ3) is 15.6. The molecule has 0 aliphatic rings. The number of hydrogen-bond acceptors (Lipinski definition) is 7. The standard InChI is InChI=1S/C25H36N6O8.C2H6/c1-4-17(31-23(37)15(2)10-22(35)36)24(38)29-13-20(33)27-14-21(34)30-18(11-16-8-6-5-7-9-16)25(39)28-12-19(32)26-3;1-2/h5-9,15,17-18H,4,10-14H2,1-3H3,(H,26,32)(H,27,33)(H,28,39)(H,29,38)(H,30,34)(H,31,37)(H,35,36);1-2H3. The van der Waals surface area contributed by atoms with Gasteiger partial charge in [0.05, 0.1) is 26.1 Å². The van der Waals surface area contributed by atoms with Crippen LogP contribution in [0.15, 0.2) is 30.3 Å². The molecule has 0 saturated heterocycles. The lowest BCUT2D eigenvalue weighted by Gasteiger charge is -2.19. The molecular formula is C27H42N6O8. The highest BCUT2D eigenvalue weighted by atomic mass is 16.4. The summed E-state index contributed by atoms with van der Waals surface area (Å²) in [6.45, 7) is 5.81. The van der Waals surface area contributed by atoms with Crippen LogP contribution >= 0.6 is 0 Å². The SMILES string of the molecule is CC.CCC(NC(=O)C(C)CC(=O)O)C(=O)NCC(=O)NCC(=O)NC(Cc1ccccc1)C(=O)NCC(=O)NC. The number of hydrogen-bond donors (Lipinski definition) is 7. The van der Waals surface area contributed by atoms with Crippen molar-refractivity contribution < 1.29 is 38.7 Å². The van der Waals surface area contributed by atoms with Gasteiger partial charge in [-0.2, -0.15) is 0 Å². The maximum absolute atomic E-state index is 12.6.